The minimum absolute atomic E-state index is 0.0183. The molecule has 1 saturated heterocycles. The molecule has 20 heavy (non-hydrogen) atoms. The molecule has 1 aromatic rings. The molecule has 1 saturated carbocycles. The maximum atomic E-state index is 12.8. The summed E-state index contributed by atoms with van der Waals surface area (Å²) in [6, 6.07) is 10.3. The van der Waals surface area contributed by atoms with Crippen molar-refractivity contribution in [3.8, 4) is 0 Å². The van der Waals surface area contributed by atoms with Gasteiger partial charge >= 0.3 is 0 Å². The van der Waals surface area contributed by atoms with Gasteiger partial charge in [0, 0.05) is 29.3 Å². The highest BCUT2D eigenvalue weighted by Crippen LogP contribution is 2.61. The highest BCUT2D eigenvalue weighted by Gasteiger charge is 2.68. The summed E-state index contributed by atoms with van der Waals surface area (Å²) in [6.07, 6.45) is 2.05. The highest BCUT2D eigenvalue weighted by atomic mass is 79.9. The monoisotopic (exact) mass is 334 g/mol. The first-order valence-electron chi connectivity index (χ1n) is 6.84. The lowest BCUT2D eigenvalue weighted by atomic mass is 9.59. The van der Waals surface area contributed by atoms with Gasteiger partial charge in [-0.15, -0.1) is 0 Å². The Balaban J connectivity index is 1.87. The third-order valence-corrected chi connectivity index (χ3v) is 5.70. The van der Waals surface area contributed by atoms with Crippen molar-refractivity contribution in [2.24, 2.45) is 17.8 Å². The summed E-state index contributed by atoms with van der Waals surface area (Å²) in [6.45, 7) is 0.573. The zero-order chi connectivity index (χ0) is 13.9. The normalized spacial score (nSPS) is 41.9. The van der Waals surface area contributed by atoms with E-state index in [0.717, 1.165) is 4.48 Å². The van der Waals surface area contributed by atoms with Crippen LogP contribution in [0.5, 0.6) is 0 Å². The largest absolute Gasteiger partial charge is 0.346 e. The smallest absolute Gasteiger partial charge is 0.237 e. The van der Waals surface area contributed by atoms with Crippen LogP contribution in [0.2, 0.25) is 0 Å². The predicted molar refractivity (Wildman–Crippen MR) is 77.4 cm³/mol. The predicted octanol–water partition coefficient (Wildman–Crippen LogP) is 2.87. The van der Waals surface area contributed by atoms with Crippen LogP contribution in [-0.4, -0.2) is 25.3 Å². The van der Waals surface area contributed by atoms with Gasteiger partial charge in [-0.2, -0.15) is 0 Å². The molecular formula is C16H15BrO3. The van der Waals surface area contributed by atoms with Gasteiger partial charge in [0.15, 0.2) is 5.78 Å². The minimum atomic E-state index is -1.06. The molecule has 5 rings (SSSR count). The Morgan fingerprint density at radius 3 is 2.80 bits per heavy atom. The Bertz CT molecular complexity index is 597. The van der Waals surface area contributed by atoms with Gasteiger partial charge in [0.25, 0.3) is 0 Å². The first-order valence-corrected chi connectivity index (χ1v) is 7.64. The van der Waals surface area contributed by atoms with Crippen molar-refractivity contribution >= 4 is 21.7 Å². The first kappa shape index (κ1) is 12.7. The molecule has 104 valence electrons. The number of methoxy groups -OCH3 is 1. The minimum Gasteiger partial charge on any atom is -0.346 e. The number of hydrogen-bond donors (Lipinski definition) is 0. The van der Waals surface area contributed by atoms with E-state index in [4.69, 9.17) is 9.47 Å². The third-order valence-electron chi connectivity index (χ3n) is 4.95. The van der Waals surface area contributed by atoms with Gasteiger partial charge in [0.1, 0.15) is 0 Å². The molecule has 1 aliphatic heterocycles. The summed E-state index contributed by atoms with van der Waals surface area (Å²) in [7, 11) is 1.57. The average molecular weight is 335 g/mol. The number of carbonyl (C=O) groups excluding carboxylic acids is 1. The zero-order valence-corrected chi connectivity index (χ0v) is 12.7. The summed E-state index contributed by atoms with van der Waals surface area (Å²) in [5.41, 5.74) is 1.22. The Kier molecular flexibility index (Phi) is 2.72. The van der Waals surface area contributed by atoms with Crippen LogP contribution >= 0.6 is 15.9 Å². The molecule has 0 radical (unpaired) electrons. The topological polar surface area (TPSA) is 35.5 Å². The van der Waals surface area contributed by atoms with Gasteiger partial charge < -0.3 is 9.47 Å². The lowest BCUT2D eigenvalue weighted by Crippen LogP contribution is -2.58. The summed E-state index contributed by atoms with van der Waals surface area (Å²) >= 11 is 3.62. The molecule has 3 aliphatic carbocycles. The van der Waals surface area contributed by atoms with Gasteiger partial charge in [-0.3, -0.25) is 4.79 Å². The van der Waals surface area contributed by atoms with Crippen molar-refractivity contribution in [3.05, 3.63) is 46.5 Å². The quantitative estimate of drug-likeness (QED) is 0.834. The van der Waals surface area contributed by atoms with Crippen molar-refractivity contribution in [2.45, 2.75) is 11.7 Å². The fraction of sp³-hybridized carbons (Fsp3) is 0.438. The molecular weight excluding hydrogens is 320 g/mol. The average Bonchev–Trinajstić information content (AvgIpc) is 2.84. The molecule has 3 nitrogen and oxygen atoms in total. The summed E-state index contributed by atoms with van der Waals surface area (Å²) in [5.74, 6) is -0.691. The second kappa shape index (κ2) is 4.26. The Morgan fingerprint density at radius 1 is 1.35 bits per heavy atom. The molecule has 0 spiro atoms. The molecule has 5 atom stereocenters. The SMILES string of the molecule is CO[C@@]12OC[C@@H]3[C@@H](c4ccccc4)[C@@H](C=C(Br)[C@@H]31)C2=O. The van der Waals surface area contributed by atoms with E-state index in [1.165, 1.54) is 5.56 Å². The van der Waals surface area contributed by atoms with E-state index in [2.05, 4.69) is 28.1 Å². The zero-order valence-electron chi connectivity index (χ0n) is 11.1. The second-order valence-corrected chi connectivity index (χ2v) is 6.62. The third kappa shape index (κ3) is 1.39. The molecule has 4 bridgehead atoms. The number of benzene rings is 1. The van der Waals surface area contributed by atoms with E-state index in [-0.39, 0.29) is 23.5 Å². The molecule has 1 aromatic carbocycles. The van der Waals surface area contributed by atoms with Crippen molar-refractivity contribution in [2.75, 3.05) is 13.7 Å². The number of halogens is 1. The first-order chi connectivity index (χ1) is 9.69. The molecule has 0 N–H and O–H groups in total. The van der Waals surface area contributed by atoms with Crippen molar-refractivity contribution in [1.29, 1.82) is 0 Å². The number of allylic oxidation sites excluding steroid dienone is 1. The summed E-state index contributed by atoms with van der Waals surface area (Å²) in [4.78, 5) is 12.8. The number of ketones is 1. The molecule has 4 aliphatic rings. The van der Waals surface area contributed by atoms with Crippen molar-refractivity contribution in [1.82, 2.24) is 0 Å². The second-order valence-electron chi connectivity index (χ2n) is 5.70. The van der Waals surface area contributed by atoms with E-state index < -0.39 is 5.79 Å². The molecule has 2 fully saturated rings. The van der Waals surface area contributed by atoms with E-state index in [0.29, 0.717) is 12.5 Å². The van der Waals surface area contributed by atoms with E-state index in [9.17, 15) is 4.79 Å². The van der Waals surface area contributed by atoms with Crippen molar-refractivity contribution in [3.63, 3.8) is 0 Å². The van der Waals surface area contributed by atoms with Crippen LogP contribution in [-0.2, 0) is 14.3 Å². The van der Waals surface area contributed by atoms with E-state index >= 15 is 0 Å². The van der Waals surface area contributed by atoms with E-state index in [1.54, 1.807) is 7.11 Å². The fourth-order valence-electron chi connectivity index (χ4n) is 4.14. The Morgan fingerprint density at radius 2 is 2.10 bits per heavy atom. The van der Waals surface area contributed by atoms with Gasteiger partial charge in [-0.05, 0) is 5.56 Å². The van der Waals surface area contributed by atoms with Crippen LogP contribution in [0, 0.1) is 17.8 Å². The number of Topliss-reactive ketones (excluding diaryl/α,β-unsaturated/α-hetero) is 1. The standard InChI is InChI=1S/C16H15BrO3/c1-19-16-14-11(8-20-16)13(9-5-3-2-4-6-9)10(15(16)18)7-12(14)17/h2-7,10-11,13-14H,8H2,1H3/t10-,11-,13+,14-,16-/m1/s1. The maximum Gasteiger partial charge on any atom is 0.237 e. The summed E-state index contributed by atoms with van der Waals surface area (Å²) in [5, 5.41) is 0. The molecule has 0 unspecified atom stereocenters. The highest BCUT2D eigenvalue weighted by molar-refractivity contribution is 9.11. The number of ether oxygens (including phenoxy) is 2. The van der Waals surface area contributed by atoms with Gasteiger partial charge in [0.2, 0.25) is 5.79 Å². The van der Waals surface area contributed by atoms with Gasteiger partial charge in [0.05, 0.1) is 12.5 Å². The van der Waals surface area contributed by atoms with E-state index in [1.807, 2.05) is 24.3 Å². The fourth-order valence-corrected chi connectivity index (χ4v) is 5.07. The molecule has 0 amide bonds. The lowest BCUT2D eigenvalue weighted by molar-refractivity contribution is -0.215. The number of carbonyl (C=O) groups is 1. The van der Waals surface area contributed by atoms with Gasteiger partial charge in [-0.25, -0.2) is 0 Å². The number of rotatable bonds is 2. The van der Waals surface area contributed by atoms with Crippen LogP contribution < -0.4 is 0 Å². The molecule has 4 heteroatoms. The van der Waals surface area contributed by atoms with Crippen LogP contribution in [0.25, 0.3) is 0 Å². The molecule has 1 heterocycles. The number of hydrogen-bond acceptors (Lipinski definition) is 3. The van der Waals surface area contributed by atoms with Gasteiger partial charge in [-0.1, -0.05) is 52.3 Å². The summed E-state index contributed by atoms with van der Waals surface area (Å²) < 4.78 is 12.4. The van der Waals surface area contributed by atoms with Crippen LogP contribution in [0.4, 0.5) is 0 Å². The van der Waals surface area contributed by atoms with Crippen LogP contribution in [0.1, 0.15) is 11.5 Å². The van der Waals surface area contributed by atoms with Crippen LogP contribution in [0.15, 0.2) is 40.9 Å². The lowest BCUT2D eigenvalue weighted by Gasteiger charge is -2.47. The van der Waals surface area contributed by atoms with Crippen LogP contribution in [0.3, 0.4) is 0 Å². The Hall–Kier alpha value is -0.970. The molecule has 0 aromatic heterocycles. The maximum absolute atomic E-state index is 12.8. The Labute approximate surface area is 126 Å². The van der Waals surface area contributed by atoms with Crippen molar-refractivity contribution < 1.29 is 14.3 Å².